The van der Waals surface area contributed by atoms with Crippen LogP contribution in [0.15, 0.2) is 79.0 Å². The monoisotopic (exact) mass is 601 g/mol. The van der Waals surface area contributed by atoms with Crippen molar-refractivity contribution in [2.24, 2.45) is 7.05 Å². The van der Waals surface area contributed by atoms with Gasteiger partial charge < -0.3 is 14.2 Å². The van der Waals surface area contributed by atoms with Gasteiger partial charge >= 0.3 is 18.0 Å². The molecule has 1 aromatic heterocycles. The lowest BCUT2D eigenvalue weighted by Gasteiger charge is -2.29. The van der Waals surface area contributed by atoms with E-state index in [2.05, 4.69) is 5.10 Å². The molecule has 220 valence electrons. The Morgan fingerprint density at radius 2 is 1.51 bits per heavy atom. The first-order chi connectivity index (χ1) is 20.7. The Kier molecular flexibility index (Phi) is 8.58. The second kappa shape index (κ2) is 12.5. The van der Waals surface area contributed by atoms with E-state index in [9.17, 15) is 19.2 Å². The number of carbonyl (C=O) groups excluding carboxylic acids is 4. The van der Waals surface area contributed by atoms with Crippen molar-refractivity contribution >= 4 is 41.1 Å². The highest BCUT2D eigenvalue weighted by molar-refractivity contribution is 6.30. The number of nitrogens with zero attached hydrogens (tertiary/aromatic N) is 3. The molecule has 0 saturated carbocycles. The molecule has 0 spiro atoms. The fourth-order valence-corrected chi connectivity index (χ4v) is 5.44. The predicted octanol–water partition coefficient (Wildman–Crippen LogP) is 5.16. The molecule has 1 heterocycles. The number of aryl methyl sites for hydroxylation is 1. The van der Waals surface area contributed by atoms with Gasteiger partial charge in [-0.1, -0.05) is 60.1 Å². The maximum absolute atomic E-state index is 14.0. The molecule has 0 saturated heterocycles. The number of halogens is 1. The summed E-state index contributed by atoms with van der Waals surface area (Å²) in [6.07, 6.45) is -0.270. The van der Waals surface area contributed by atoms with Crippen molar-refractivity contribution in [2.75, 3.05) is 25.7 Å². The second-order valence-corrected chi connectivity index (χ2v) is 10.3. The Balaban J connectivity index is 1.54. The van der Waals surface area contributed by atoms with Crippen molar-refractivity contribution in [3.63, 3.8) is 0 Å². The summed E-state index contributed by atoms with van der Waals surface area (Å²) in [6, 6.07) is 20.4. The van der Waals surface area contributed by atoms with E-state index in [4.69, 9.17) is 25.8 Å². The summed E-state index contributed by atoms with van der Waals surface area (Å²) < 4.78 is 16.9. The number of rotatable bonds is 9. The van der Waals surface area contributed by atoms with Crippen LogP contribution >= 0.6 is 11.6 Å². The van der Waals surface area contributed by atoms with Gasteiger partial charge in [-0.3, -0.25) is 19.2 Å². The van der Waals surface area contributed by atoms with Crippen LogP contribution in [0.5, 0.6) is 0 Å². The standard InChI is InChI=1S/C32H28ClN3O7/c1-35-29(30(38)19-12-14-20(33)15-13-19)27(17-34-35)36(26(31(39)42-3)16-28(37)41-2)32(40)43-18-25-23-10-6-4-8-21(23)22-9-5-7-11-24(22)25/h4-15,17,25-26H,16,18H2,1-3H3/t26-/m0/s1. The number of ketones is 1. The van der Waals surface area contributed by atoms with Crippen LogP contribution in [0.25, 0.3) is 11.1 Å². The van der Waals surface area contributed by atoms with Gasteiger partial charge in [-0.25, -0.2) is 9.59 Å². The van der Waals surface area contributed by atoms with Crippen LogP contribution in [0, 0.1) is 0 Å². The Hall–Kier alpha value is -4.96. The molecule has 1 atom stereocenters. The van der Waals surface area contributed by atoms with E-state index in [1.165, 1.54) is 30.1 Å². The van der Waals surface area contributed by atoms with E-state index >= 15 is 0 Å². The van der Waals surface area contributed by atoms with Gasteiger partial charge in [0.15, 0.2) is 0 Å². The Labute approximate surface area is 252 Å². The van der Waals surface area contributed by atoms with E-state index in [1.54, 1.807) is 12.1 Å². The van der Waals surface area contributed by atoms with E-state index < -0.39 is 36.3 Å². The number of amides is 1. The van der Waals surface area contributed by atoms with Crippen molar-refractivity contribution < 1.29 is 33.4 Å². The van der Waals surface area contributed by atoms with Gasteiger partial charge in [0.2, 0.25) is 5.78 Å². The van der Waals surface area contributed by atoms with Crippen molar-refractivity contribution in [1.29, 1.82) is 0 Å². The summed E-state index contributed by atoms with van der Waals surface area (Å²) in [5.74, 6) is -2.46. The van der Waals surface area contributed by atoms with Gasteiger partial charge in [0.05, 0.1) is 32.5 Å². The molecule has 0 unspecified atom stereocenters. The maximum Gasteiger partial charge on any atom is 0.415 e. The largest absolute Gasteiger partial charge is 0.469 e. The molecule has 0 aliphatic heterocycles. The molecule has 11 heteroatoms. The number of carbonyl (C=O) groups is 4. The van der Waals surface area contributed by atoms with Gasteiger partial charge in [0.1, 0.15) is 18.3 Å². The third-order valence-corrected chi connectivity index (χ3v) is 7.66. The average molecular weight is 602 g/mol. The third-order valence-electron chi connectivity index (χ3n) is 7.41. The summed E-state index contributed by atoms with van der Waals surface area (Å²) in [5, 5.41) is 4.64. The molecular weight excluding hydrogens is 574 g/mol. The number of esters is 2. The quantitative estimate of drug-likeness (QED) is 0.147. The Morgan fingerprint density at radius 1 is 0.907 bits per heavy atom. The molecular formula is C32H28ClN3O7. The summed E-state index contributed by atoms with van der Waals surface area (Å²) >= 11 is 6.01. The first-order valence-electron chi connectivity index (χ1n) is 13.4. The smallest absolute Gasteiger partial charge is 0.415 e. The molecule has 5 rings (SSSR count). The molecule has 43 heavy (non-hydrogen) atoms. The highest BCUT2D eigenvalue weighted by atomic mass is 35.5. The summed E-state index contributed by atoms with van der Waals surface area (Å²) in [7, 11) is 3.81. The molecule has 0 N–H and O–H groups in total. The van der Waals surface area contributed by atoms with Crippen LogP contribution in [0.1, 0.15) is 39.5 Å². The summed E-state index contributed by atoms with van der Waals surface area (Å²) in [5.41, 5.74) is 4.26. The highest BCUT2D eigenvalue weighted by Crippen LogP contribution is 2.44. The van der Waals surface area contributed by atoms with Crippen LogP contribution in [-0.4, -0.2) is 60.5 Å². The Bertz CT molecular complexity index is 1650. The number of fused-ring (bicyclic) bond motifs is 3. The number of benzene rings is 3. The average Bonchev–Trinajstić information content (AvgIpc) is 3.56. The maximum atomic E-state index is 14.0. The van der Waals surface area contributed by atoms with Crippen LogP contribution in [-0.2, 0) is 30.8 Å². The fraction of sp³-hybridized carbons (Fsp3) is 0.219. The van der Waals surface area contributed by atoms with E-state index in [0.717, 1.165) is 41.4 Å². The van der Waals surface area contributed by atoms with Gasteiger partial charge in [-0.2, -0.15) is 5.10 Å². The zero-order chi connectivity index (χ0) is 30.7. The zero-order valence-corrected chi connectivity index (χ0v) is 24.4. The van der Waals surface area contributed by atoms with E-state index in [1.807, 2.05) is 48.5 Å². The summed E-state index contributed by atoms with van der Waals surface area (Å²) in [4.78, 5) is 54.1. The number of hydrogen-bond acceptors (Lipinski definition) is 8. The molecule has 10 nitrogen and oxygen atoms in total. The molecule has 3 aromatic carbocycles. The number of anilines is 1. The minimum atomic E-state index is -1.52. The Morgan fingerprint density at radius 3 is 2.09 bits per heavy atom. The third kappa shape index (κ3) is 5.74. The van der Waals surface area contributed by atoms with Crippen LogP contribution in [0.2, 0.25) is 5.02 Å². The van der Waals surface area contributed by atoms with Crippen LogP contribution in [0.3, 0.4) is 0 Å². The first kappa shape index (κ1) is 29.5. The van der Waals surface area contributed by atoms with Crippen LogP contribution in [0.4, 0.5) is 10.5 Å². The lowest BCUT2D eigenvalue weighted by atomic mass is 9.98. The molecule has 4 aromatic rings. The SMILES string of the molecule is COC(=O)C[C@@H](C(=O)OC)N(C(=O)OCC1c2ccccc2-c2ccccc21)c1cnn(C)c1C(=O)c1ccc(Cl)cc1. The lowest BCUT2D eigenvalue weighted by molar-refractivity contribution is -0.148. The topological polar surface area (TPSA) is 117 Å². The lowest BCUT2D eigenvalue weighted by Crippen LogP contribution is -2.48. The van der Waals surface area contributed by atoms with Crippen molar-refractivity contribution in [2.45, 2.75) is 18.4 Å². The number of hydrogen-bond donors (Lipinski definition) is 0. The van der Waals surface area contributed by atoms with Crippen molar-refractivity contribution in [3.05, 3.63) is 106 Å². The summed E-state index contributed by atoms with van der Waals surface area (Å²) in [6.45, 7) is -0.0732. The molecule has 0 bridgehead atoms. The minimum Gasteiger partial charge on any atom is -0.469 e. The molecule has 1 amide bonds. The van der Waals surface area contributed by atoms with Crippen molar-refractivity contribution in [3.8, 4) is 11.1 Å². The van der Waals surface area contributed by atoms with Gasteiger partial charge in [-0.05, 0) is 46.5 Å². The fourth-order valence-electron chi connectivity index (χ4n) is 5.32. The van der Waals surface area contributed by atoms with Crippen molar-refractivity contribution in [1.82, 2.24) is 9.78 Å². The number of aromatic nitrogens is 2. The minimum absolute atomic E-state index is 0.0189. The van der Waals surface area contributed by atoms with Gasteiger partial charge in [0.25, 0.3) is 0 Å². The molecule has 1 aliphatic rings. The first-order valence-corrected chi connectivity index (χ1v) is 13.7. The highest BCUT2D eigenvalue weighted by Gasteiger charge is 2.40. The number of ether oxygens (including phenoxy) is 3. The predicted molar refractivity (Wildman–Crippen MR) is 158 cm³/mol. The molecule has 0 radical (unpaired) electrons. The van der Waals surface area contributed by atoms with Crippen LogP contribution < -0.4 is 4.90 Å². The second-order valence-electron chi connectivity index (χ2n) is 9.83. The van der Waals surface area contributed by atoms with E-state index in [-0.39, 0.29) is 29.5 Å². The molecule has 0 fully saturated rings. The molecule has 1 aliphatic carbocycles. The van der Waals surface area contributed by atoms with Gasteiger partial charge in [-0.15, -0.1) is 0 Å². The van der Waals surface area contributed by atoms with E-state index in [0.29, 0.717) is 5.02 Å². The number of methoxy groups -OCH3 is 2. The van der Waals surface area contributed by atoms with Gasteiger partial charge in [0, 0.05) is 23.6 Å². The zero-order valence-electron chi connectivity index (χ0n) is 23.7. The normalized spacial score (nSPS) is 12.6.